The number of carbonyl (C=O) groups excluding carboxylic acids is 1. The van der Waals surface area contributed by atoms with Gasteiger partial charge in [0.25, 0.3) is 0 Å². The molecule has 0 atom stereocenters. The van der Waals surface area contributed by atoms with E-state index >= 15 is 0 Å². The van der Waals surface area contributed by atoms with E-state index in [1.54, 1.807) is 0 Å². The zero-order chi connectivity index (χ0) is 16.5. The van der Waals surface area contributed by atoms with Crippen molar-refractivity contribution in [1.29, 1.82) is 0 Å². The quantitative estimate of drug-likeness (QED) is 0.732. The Kier molecular flexibility index (Phi) is 6.63. The van der Waals surface area contributed by atoms with E-state index in [1.165, 1.54) is 5.56 Å². The van der Waals surface area contributed by atoms with E-state index in [0.29, 0.717) is 13.0 Å². The molecule has 23 heavy (non-hydrogen) atoms. The van der Waals surface area contributed by atoms with Crippen LogP contribution in [-0.4, -0.2) is 18.6 Å². The van der Waals surface area contributed by atoms with Crippen LogP contribution in [0.1, 0.15) is 25.8 Å². The van der Waals surface area contributed by atoms with Gasteiger partial charge in [0, 0.05) is 25.2 Å². The first-order valence-electron chi connectivity index (χ1n) is 7.94. The molecule has 1 amide bonds. The Morgan fingerprint density at radius 3 is 2.39 bits per heavy atom. The number of hydrogen-bond acceptors (Lipinski definition) is 3. The molecule has 0 aliphatic heterocycles. The molecule has 0 fully saturated rings. The van der Waals surface area contributed by atoms with Crippen molar-refractivity contribution in [2.45, 2.75) is 32.9 Å². The predicted molar refractivity (Wildman–Crippen MR) is 93.6 cm³/mol. The molecule has 0 saturated heterocycles. The highest BCUT2D eigenvalue weighted by atomic mass is 16.5. The summed E-state index contributed by atoms with van der Waals surface area (Å²) in [7, 11) is 0. The van der Waals surface area contributed by atoms with Crippen molar-refractivity contribution in [3.63, 3.8) is 0 Å². The molecule has 4 heteroatoms. The lowest BCUT2D eigenvalue weighted by Gasteiger charge is -2.11. The van der Waals surface area contributed by atoms with Gasteiger partial charge in [0.05, 0.1) is 6.10 Å². The molecule has 4 nitrogen and oxygen atoms in total. The zero-order valence-electron chi connectivity index (χ0n) is 13.7. The Hall–Kier alpha value is -2.33. The molecule has 2 aromatic rings. The van der Waals surface area contributed by atoms with Crippen molar-refractivity contribution in [2.24, 2.45) is 0 Å². The minimum atomic E-state index is 0.00286. The Morgan fingerprint density at radius 1 is 1.04 bits per heavy atom. The summed E-state index contributed by atoms with van der Waals surface area (Å²) in [5, 5.41) is 6.15. The monoisotopic (exact) mass is 312 g/mol. The summed E-state index contributed by atoms with van der Waals surface area (Å²) < 4.78 is 5.57. The average molecular weight is 312 g/mol. The van der Waals surface area contributed by atoms with Crippen molar-refractivity contribution in [2.75, 3.05) is 11.9 Å². The Balaban J connectivity index is 1.68. The van der Waals surface area contributed by atoms with Gasteiger partial charge >= 0.3 is 0 Å². The summed E-state index contributed by atoms with van der Waals surface area (Å²) in [5.41, 5.74) is 2.00. The number of anilines is 1. The third kappa shape index (κ3) is 6.53. The molecule has 0 bridgehead atoms. The highest BCUT2D eigenvalue weighted by molar-refractivity contribution is 5.90. The second-order valence-corrected chi connectivity index (χ2v) is 5.65. The first kappa shape index (κ1) is 17.0. The van der Waals surface area contributed by atoms with Gasteiger partial charge in [-0.25, -0.2) is 0 Å². The maximum atomic E-state index is 11.9. The average Bonchev–Trinajstić information content (AvgIpc) is 2.54. The molecule has 2 rings (SSSR count). The van der Waals surface area contributed by atoms with Crippen LogP contribution < -0.4 is 15.4 Å². The number of ether oxygens (including phenoxy) is 1. The van der Waals surface area contributed by atoms with Gasteiger partial charge < -0.3 is 15.4 Å². The fourth-order valence-electron chi connectivity index (χ4n) is 2.14. The van der Waals surface area contributed by atoms with Crippen molar-refractivity contribution in [1.82, 2.24) is 5.32 Å². The minimum Gasteiger partial charge on any atom is -0.491 e. The van der Waals surface area contributed by atoms with Crippen LogP contribution in [0.25, 0.3) is 0 Å². The van der Waals surface area contributed by atoms with Gasteiger partial charge in [0.1, 0.15) is 5.75 Å². The van der Waals surface area contributed by atoms with Crippen LogP contribution in [0.5, 0.6) is 5.75 Å². The summed E-state index contributed by atoms with van der Waals surface area (Å²) in [6.45, 7) is 5.39. The molecule has 0 heterocycles. The Morgan fingerprint density at radius 2 is 1.74 bits per heavy atom. The highest BCUT2D eigenvalue weighted by Crippen LogP contribution is 2.16. The summed E-state index contributed by atoms with van der Waals surface area (Å²) >= 11 is 0. The molecule has 2 N–H and O–H groups in total. The molecule has 0 aliphatic carbocycles. The minimum absolute atomic E-state index is 0.00286. The lowest BCUT2D eigenvalue weighted by Crippen LogP contribution is -2.21. The van der Waals surface area contributed by atoms with E-state index in [2.05, 4.69) is 22.8 Å². The maximum Gasteiger partial charge on any atom is 0.225 e. The number of rotatable bonds is 8. The molecule has 0 aromatic heterocycles. The van der Waals surface area contributed by atoms with E-state index < -0.39 is 0 Å². The summed E-state index contributed by atoms with van der Waals surface area (Å²) in [4.78, 5) is 11.9. The van der Waals surface area contributed by atoms with Crippen molar-refractivity contribution in [3.8, 4) is 5.75 Å². The van der Waals surface area contributed by atoms with E-state index in [1.807, 2.05) is 56.3 Å². The highest BCUT2D eigenvalue weighted by Gasteiger charge is 2.03. The van der Waals surface area contributed by atoms with Crippen molar-refractivity contribution in [3.05, 3.63) is 60.2 Å². The molecule has 0 aliphatic rings. The largest absolute Gasteiger partial charge is 0.491 e. The van der Waals surface area contributed by atoms with Gasteiger partial charge in [-0.05, 0) is 43.7 Å². The summed E-state index contributed by atoms with van der Waals surface area (Å²) in [6, 6.07) is 17.6. The van der Waals surface area contributed by atoms with Crippen LogP contribution >= 0.6 is 0 Å². The Bertz CT molecular complexity index is 595. The topological polar surface area (TPSA) is 50.4 Å². The van der Waals surface area contributed by atoms with Gasteiger partial charge in [-0.3, -0.25) is 4.79 Å². The molecule has 2 aromatic carbocycles. The molecular formula is C19H24N2O2. The van der Waals surface area contributed by atoms with E-state index in [9.17, 15) is 4.79 Å². The fraction of sp³-hybridized carbons (Fsp3) is 0.316. The molecule has 0 radical (unpaired) electrons. The van der Waals surface area contributed by atoms with Crippen LogP contribution in [0.2, 0.25) is 0 Å². The van der Waals surface area contributed by atoms with Gasteiger partial charge in [-0.15, -0.1) is 0 Å². The normalized spacial score (nSPS) is 10.6. The summed E-state index contributed by atoms with van der Waals surface area (Å²) in [5.74, 6) is 0.811. The lowest BCUT2D eigenvalue weighted by atomic mass is 10.2. The second-order valence-electron chi connectivity index (χ2n) is 5.65. The lowest BCUT2D eigenvalue weighted by molar-refractivity contribution is -0.116. The molecule has 0 unspecified atom stereocenters. The second kappa shape index (κ2) is 8.96. The first-order chi connectivity index (χ1) is 11.1. The Labute approximate surface area is 137 Å². The van der Waals surface area contributed by atoms with Gasteiger partial charge in [-0.1, -0.05) is 30.3 Å². The molecule has 122 valence electrons. The van der Waals surface area contributed by atoms with Crippen molar-refractivity contribution >= 4 is 11.6 Å². The summed E-state index contributed by atoms with van der Waals surface area (Å²) in [6.07, 6.45) is 0.586. The fourth-order valence-corrected chi connectivity index (χ4v) is 2.14. The van der Waals surface area contributed by atoms with E-state index in [-0.39, 0.29) is 12.0 Å². The standard InChI is InChI=1S/C19H24N2O2/c1-15(2)23-18-10-8-17(9-11-18)21-19(22)12-13-20-14-16-6-4-3-5-7-16/h3-11,15,20H,12-14H2,1-2H3,(H,21,22). The third-order valence-corrected chi connectivity index (χ3v) is 3.21. The number of nitrogens with one attached hydrogen (secondary N) is 2. The van der Waals surface area contributed by atoms with Gasteiger partial charge in [0.2, 0.25) is 5.91 Å². The molecular weight excluding hydrogens is 288 g/mol. The number of carbonyl (C=O) groups is 1. The van der Waals surface area contributed by atoms with Crippen LogP contribution in [-0.2, 0) is 11.3 Å². The first-order valence-corrected chi connectivity index (χ1v) is 7.94. The van der Waals surface area contributed by atoms with Crippen molar-refractivity contribution < 1.29 is 9.53 Å². The smallest absolute Gasteiger partial charge is 0.225 e. The van der Waals surface area contributed by atoms with Gasteiger partial charge in [0.15, 0.2) is 0 Å². The zero-order valence-corrected chi connectivity index (χ0v) is 13.7. The van der Waals surface area contributed by atoms with Crippen LogP contribution in [0.15, 0.2) is 54.6 Å². The molecule has 0 saturated carbocycles. The number of amides is 1. The predicted octanol–water partition coefficient (Wildman–Crippen LogP) is 3.59. The maximum absolute atomic E-state index is 11.9. The SMILES string of the molecule is CC(C)Oc1ccc(NC(=O)CCNCc2ccccc2)cc1. The van der Waals surface area contributed by atoms with Crippen LogP contribution in [0.4, 0.5) is 5.69 Å². The van der Waals surface area contributed by atoms with E-state index in [0.717, 1.165) is 18.0 Å². The van der Waals surface area contributed by atoms with Gasteiger partial charge in [-0.2, -0.15) is 0 Å². The molecule has 0 spiro atoms. The third-order valence-electron chi connectivity index (χ3n) is 3.21. The number of benzene rings is 2. The number of hydrogen-bond donors (Lipinski definition) is 2. The van der Waals surface area contributed by atoms with E-state index in [4.69, 9.17) is 4.74 Å². The van der Waals surface area contributed by atoms with Crippen LogP contribution in [0.3, 0.4) is 0 Å². The van der Waals surface area contributed by atoms with Crippen LogP contribution in [0, 0.1) is 0 Å².